The van der Waals surface area contributed by atoms with Gasteiger partial charge in [-0.3, -0.25) is 0 Å². The van der Waals surface area contributed by atoms with E-state index in [0.29, 0.717) is 10.6 Å². The van der Waals surface area contributed by atoms with Gasteiger partial charge in [-0.2, -0.15) is 0 Å². The summed E-state index contributed by atoms with van der Waals surface area (Å²) in [5, 5.41) is -0.235. The Morgan fingerprint density at radius 1 is 1.05 bits per heavy atom. The van der Waals surface area contributed by atoms with Gasteiger partial charge in [-0.1, -0.05) is 23.7 Å². The van der Waals surface area contributed by atoms with E-state index in [1.54, 1.807) is 24.3 Å². The van der Waals surface area contributed by atoms with Crippen LogP contribution in [0.5, 0.6) is 0 Å². The molecule has 2 aromatic rings. The molecular formula is C14H14ClFNO2S+. The van der Waals surface area contributed by atoms with Crippen LogP contribution in [0.4, 0.5) is 4.39 Å². The van der Waals surface area contributed by atoms with Gasteiger partial charge in [0.25, 0.3) is 0 Å². The number of hydrogen-bond acceptors (Lipinski definition) is 2. The van der Waals surface area contributed by atoms with Gasteiger partial charge in [0.2, 0.25) is 0 Å². The first-order valence-electron chi connectivity index (χ1n) is 5.99. The second-order valence-corrected chi connectivity index (χ2v) is 6.89. The molecule has 0 saturated carbocycles. The van der Waals surface area contributed by atoms with Crippen molar-refractivity contribution >= 4 is 21.4 Å². The highest BCUT2D eigenvalue weighted by molar-refractivity contribution is 7.91. The molecule has 0 aromatic heterocycles. The molecule has 0 fully saturated rings. The summed E-state index contributed by atoms with van der Waals surface area (Å²) in [6.07, 6.45) is 0. The van der Waals surface area contributed by atoms with Crippen molar-refractivity contribution in [2.24, 2.45) is 0 Å². The molecule has 3 nitrogen and oxygen atoms in total. The average molecular weight is 315 g/mol. The molecule has 3 N–H and O–H groups in total. The molecule has 6 heteroatoms. The van der Waals surface area contributed by atoms with Crippen molar-refractivity contribution in [1.29, 1.82) is 0 Å². The molecule has 20 heavy (non-hydrogen) atoms. The normalized spacial score (nSPS) is 13.2. The van der Waals surface area contributed by atoms with Crippen LogP contribution < -0.4 is 5.73 Å². The first-order valence-corrected chi connectivity index (χ1v) is 7.92. The van der Waals surface area contributed by atoms with Crippen molar-refractivity contribution < 1.29 is 18.5 Å². The van der Waals surface area contributed by atoms with E-state index in [4.69, 9.17) is 11.6 Å². The molecule has 0 amide bonds. The molecule has 0 bridgehead atoms. The quantitative estimate of drug-likeness (QED) is 0.880. The van der Waals surface area contributed by atoms with E-state index in [-0.39, 0.29) is 11.4 Å². The molecule has 0 aliphatic rings. The van der Waals surface area contributed by atoms with Crippen molar-refractivity contribution in [2.45, 2.75) is 10.1 Å². The second-order valence-electron chi connectivity index (χ2n) is 4.33. The van der Waals surface area contributed by atoms with Crippen LogP contribution in [0.15, 0.2) is 53.4 Å². The fourth-order valence-electron chi connectivity index (χ4n) is 1.97. The van der Waals surface area contributed by atoms with E-state index < -0.39 is 20.9 Å². The van der Waals surface area contributed by atoms with E-state index in [2.05, 4.69) is 5.73 Å². The summed E-state index contributed by atoms with van der Waals surface area (Å²) in [6.45, 7) is 0.182. The maximum atomic E-state index is 12.9. The third-order valence-electron chi connectivity index (χ3n) is 3.02. The van der Waals surface area contributed by atoms with Gasteiger partial charge in [0, 0.05) is 5.02 Å². The van der Waals surface area contributed by atoms with E-state index in [0.717, 1.165) is 12.1 Å². The molecule has 1 atom stereocenters. The lowest BCUT2D eigenvalue weighted by Gasteiger charge is -2.14. The lowest BCUT2D eigenvalue weighted by molar-refractivity contribution is -0.367. The minimum absolute atomic E-state index is 0.0856. The molecule has 0 unspecified atom stereocenters. The maximum absolute atomic E-state index is 12.9. The van der Waals surface area contributed by atoms with Gasteiger partial charge in [0.15, 0.2) is 9.84 Å². The van der Waals surface area contributed by atoms with Crippen molar-refractivity contribution in [2.75, 3.05) is 6.54 Å². The molecule has 0 spiro atoms. The number of benzene rings is 2. The van der Waals surface area contributed by atoms with Crippen LogP contribution in [-0.4, -0.2) is 15.0 Å². The van der Waals surface area contributed by atoms with Gasteiger partial charge < -0.3 is 5.73 Å². The molecule has 106 valence electrons. The third-order valence-corrected chi connectivity index (χ3v) is 5.46. The predicted molar refractivity (Wildman–Crippen MR) is 75.5 cm³/mol. The zero-order valence-corrected chi connectivity index (χ0v) is 12.2. The fraction of sp³-hybridized carbons (Fsp3) is 0.143. The Kier molecular flexibility index (Phi) is 4.42. The maximum Gasteiger partial charge on any atom is 0.190 e. The molecule has 0 aliphatic carbocycles. The highest BCUT2D eigenvalue weighted by Crippen LogP contribution is 2.28. The van der Waals surface area contributed by atoms with Crippen LogP contribution in [0, 0.1) is 5.82 Å². The first-order chi connectivity index (χ1) is 9.45. The zero-order chi connectivity index (χ0) is 14.8. The van der Waals surface area contributed by atoms with E-state index in [1.165, 1.54) is 12.1 Å². The fourth-order valence-corrected chi connectivity index (χ4v) is 3.76. The number of rotatable bonds is 4. The van der Waals surface area contributed by atoms with Crippen molar-refractivity contribution in [1.82, 2.24) is 0 Å². The number of halogens is 2. The topological polar surface area (TPSA) is 61.8 Å². The standard InChI is InChI=1S/C14H13ClFNO2S/c15-11-3-1-10(2-4-11)14(9-17)20(18,19)13-7-5-12(16)6-8-13/h1-8,14H,9,17H2/p+1/t14-/m0/s1. The van der Waals surface area contributed by atoms with Crippen molar-refractivity contribution in [3.05, 3.63) is 64.9 Å². The molecule has 0 aliphatic heterocycles. The lowest BCUT2D eigenvalue weighted by atomic mass is 10.1. The van der Waals surface area contributed by atoms with Gasteiger partial charge >= 0.3 is 0 Å². The Morgan fingerprint density at radius 3 is 2.10 bits per heavy atom. The van der Waals surface area contributed by atoms with Crippen LogP contribution in [0.3, 0.4) is 0 Å². The smallest absolute Gasteiger partial charge is 0.190 e. The molecular weight excluding hydrogens is 301 g/mol. The third kappa shape index (κ3) is 3.00. The summed E-state index contributed by atoms with van der Waals surface area (Å²) in [7, 11) is -3.61. The van der Waals surface area contributed by atoms with Crippen molar-refractivity contribution in [3.8, 4) is 0 Å². The summed E-state index contributed by atoms with van der Waals surface area (Å²) >= 11 is 5.80. The number of quaternary nitrogens is 1. The Bertz CT molecular complexity index is 684. The number of hydrogen-bond donors (Lipinski definition) is 1. The first kappa shape index (κ1) is 15.0. The summed E-state index contributed by atoms with van der Waals surface area (Å²) in [5.74, 6) is -0.471. The van der Waals surface area contributed by atoms with Gasteiger partial charge in [0.05, 0.1) is 11.4 Å². The predicted octanol–water partition coefficient (Wildman–Crippen LogP) is 2.24. The molecule has 2 rings (SSSR count). The average Bonchev–Trinajstić information content (AvgIpc) is 2.42. The largest absolute Gasteiger partial charge is 0.356 e. The summed E-state index contributed by atoms with van der Waals surface area (Å²) in [5.41, 5.74) is 4.33. The lowest BCUT2D eigenvalue weighted by Crippen LogP contribution is -2.54. The van der Waals surface area contributed by atoms with Gasteiger partial charge in [-0.05, 0) is 42.0 Å². The SMILES string of the molecule is [NH3+]C[C@@H](c1ccc(Cl)cc1)S(=O)(=O)c1ccc(F)cc1. The molecule has 2 aromatic carbocycles. The van der Waals surface area contributed by atoms with Crippen LogP contribution in [-0.2, 0) is 9.84 Å². The van der Waals surface area contributed by atoms with Crippen molar-refractivity contribution in [3.63, 3.8) is 0 Å². The Balaban J connectivity index is 2.44. The van der Waals surface area contributed by atoms with E-state index >= 15 is 0 Å². The van der Waals surface area contributed by atoms with Gasteiger partial charge in [0.1, 0.15) is 11.1 Å². The highest BCUT2D eigenvalue weighted by Gasteiger charge is 2.29. The van der Waals surface area contributed by atoms with E-state index in [1.807, 2.05) is 0 Å². The van der Waals surface area contributed by atoms with Crippen LogP contribution >= 0.6 is 11.6 Å². The summed E-state index contributed by atoms with van der Waals surface area (Å²) in [4.78, 5) is 0.0856. The minimum Gasteiger partial charge on any atom is -0.356 e. The van der Waals surface area contributed by atoms with Crippen LogP contribution in [0.25, 0.3) is 0 Å². The minimum atomic E-state index is -3.61. The van der Waals surface area contributed by atoms with Crippen LogP contribution in [0.2, 0.25) is 5.02 Å². The highest BCUT2D eigenvalue weighted by atomic mass is 35.5. The Morgan fingerprint density at radius 2 is 1.60 bits per heavy atom. The monoisotopic (exact) mass is 314 g/mol. The molecule has 0 heterocycles. The molecule has 0 saturated heterocycles. The Labute approximate surface area is 122 Å². The van der Waals surface area contributed by atoms with Crippen LogP contribution in [0.1, 0.15) is 10.8 Å². The second kappa shape index (κ2) is 5.91. The number of sulfone groups is 1. The molecule has 0 radical (unpaired) electrons. The van der Waals surface area contributed by atoms with Gasteiger partial charge in [-0.25, -0.2) is 12.8 Å². The zero-order valence-electron chi connectivity index (χ0n) is 10.6. The summed E-state index contributed by atoms with van der Waals surface area (Å²) < 4.78 is 38.0. The van der Waals surface area contributed by atoms with Gasteiger partial charge in [-0.15, -0.1) is 0 Å². The Hall–Kier alpha value is -1.43. The van der Waals surface area contributed by atoms with E-state index in [9.17, 15) is 12.8 Å². The summed E-state index contributed by atoms with van der Waals surface area (Å²) in [6, 6.07) is 11.4.